The van der Waals surface area contributed by atoms with Crippen molar-refractivity contribution < 1.29 is 5.11 Å². The molecule has 0 aromatic heterocycles. The van der Waals surface area contributed by atoms with Gasteiger partial charge in [-0.2, -0.15) is 0 Å². The molecule has 0 radical (unpaired) electrons. The molecule has 3 heteroatoms. The fraction of sp³-hybridized carbons (Fsp3) is 0.455. The second-order valence-electron chi connectivity index (χ2n) is 3.85. The van der Waals surface area contributed by atoms with E-state index in [4.69, 9.17) is 10.8 Å². The Bertz CT molecular complexity index is 297. The van der Waals surface area contributed by atoms with E-state index in [1.165, 1.54) is 12.1 Å². The maximum Gasteiger partial charge on any atom is 0.115 e. The van der Waals surface area contributed by atoms with Crippen LogP contribution >= 0.6 is 0 Å². The summed E-state index contributed by atoms with van der Waals surface area (Å²) in [5.41, 5.74) is 6.81. The van der Waals surface area contributed by atoms with Crippen LogP contribution < -0.4 is 10.6 Å². The van der Waals surface area contributed by atoms with Gasteiger partial charge in [-0.05, 0) is 43.1 Å². The molecule has 76 valence electrons. The van der Waals surface area contributed by atoms with E-state index in [0.29, 0.717) is 11.7 Å². The van der Waals surface area contributed by atoms with Crippen molar-refractivity contribution in [3.8, 4) is 5.75 Å². The summed E-state index contributed by atoms with van der Waals surface area (Å²) in [5, 5.41) is 9.16. The van der Waals surface area contributed by atoms with Gasteiger partial charge in [-0.3, -0.25) is 0 Å². The zero-order valence-corrected chi connectivity index (χ0v) is 8.19. The molecule has 1 fully saturated rings. The first-order valence-corrected chi connectivity index (χ1v) is 5.03. The van der Waals surface area contributed by atoms with Gasteiger partial charge in [-0.25, -0.2) is 0 Å². The van der Waals surface area contributed by atoms with Gasteiger partial charge < -0.3 is 15.7 Å². The van der Waals surface area contributed by atoms with Crippen molar-refractivity contribution in [2.24, 2.45) is 11.7 Å². The molecule has 1 aromatic carbocycles. The molecule has 1 atom stereocenters. The molecule has 14 heavy (non-hydrogen) atoms. The van der Waals surface area contributed by atoms with Crippen LogP contribution in [-0.4, -0.2) is 24.7 Å². The lowest BCUT2D eigenvalue weighted by Crippen LogP contribution is -2.22. The third-order valence-electron chi connectivity index (χ3n) is 2.83. The SMILES string of the molecule is NCC1CCN(c2ccc(O)cc2)C1. The second kappa shape index (κ2) is 3.88. The van der Waals surface area contributed by atoms with Gasteiger partial charge in [0.2, 0.25) is 0 Å². The third kappa shape index (κ3) is 1.82. The number of phenolic OH excluding ortho intramolecular Hbond substituents is 1. The summed E-state index contributed by atoms with van der Waals surface area (Å²) in [6, 6.07) is 7.36. The van der Waals surface area contributed by atoms with Gasteiger partial charge in [-0.15, -0.1) is 0 Å². The standard InChI is InChI=1S/C11H16N2O/c12-7-9-5-6-13(8-9)10-1-3-11(14)4-2-10/h1-4,9,14H,5-8,12H2. The van der Waals surface area contributed by atoms with Gasteiger partial charge >= 0.3 is 0 Å². The summed E-state index contributed by atoms with van der Waals surface area (Å²) in [5.74, 6) is 0.951. The maximum atomic E-state index is 9.16. The van der Waals surface area contributed by atoms with Crippen LogP contribution in [0.2, 0.25) is 0 Å². The van der Waals surface area contributed by atoms with Crippen molar-refractivity contribution >= 4 is 5.69 Å². The van der Waals surface area contributed by atoms with E-state index in [9.17, 15) is 0 Å². The van der Waals surface area contributed by atoms with Crippen LogP contribution in [0.3, 0.4) is 0 Å². The highest BCUT2D eigenvalue weighted by Crippen LogP contribution is 2.24. The van der Waals surface area contributed by atoms with Gasteiger partial charge in [0.1, 0.15) is 5.75 Å². The number of aromatic hydroxyl groups is 1. The summed E-state index contributed by atoms with van der Waals surface area (Å²) in [6.45, 7) is 2.89. The van der Waals surface area contributed by atoms with E-state index < -0.39 is 0 Å². The fourth-order valence-electron chi connectivity index (χ4n) is 1.92. The molecule has 0 aliphatic carbocycles. The van der Waals surface area contributed by atoms with Gasteiger partial charge in [-0.1, -0.05) is 0 Å². The van der Waals surface area contributed by atoms with Gasteiger partial charge in [0.25, 0.3) is 0 Å². The molecule has 2 rings (SSSR count). The first kappa shape index (κ1) is 9.34. The zero-order chi connectivity index (χ0) is 9.97. The number of rotatable bonds is 2. The molecule has 1 saturated heterocycles. The van der Waals surface area contributed by atoms with E-state index in [1.54, 1.807) is 12.1 Å². The van der Waals surface area contributed by atoms with Crippen molar-refractivity contribution in [1.29, 1.82) is 0 Å². The van der Waals surface area contributed by atoms with E-state index >= 15 is 0 Å². The molecule has 0 spiro atoms. The minimum atomic E-state index is 0.323. The van der Waals surface area contributed by atoms with Crippen LogP contribution in [0.5, 0.6) is 5.75 Å². The smallest absolute Gasteiger partial charge is 0.115 e. The Morgan fingerprint density at radius 2 is 2.07 bits per heavy atom. The Morgan fingerprint density at radius 1 is 1.36 bits per heavy atom. The van der Waals surface area contributed by atoms with Crippen LogP contribution in [0, 0.1) is 5.92 Å². The van der Waals surface area contributed by atoms with Crippen LogP contribution in [-0.2, 0) is 0 Å². The van der Waals surface area contributed by atoms with Crippen molar-refractivity contribution in [2.75, 3.05) is 24.5 Å². The largest absolute Gasteiger partial charge is 0.508 e. The van der Waals surface area contributed by atoms with Crippen molar-refractivity contribution in [2.45, 2.75) is 6.42 Å². The third-order valence-corrected chi connectivity index (χ3v) is 2.83. The van der Waals surface area contributed by atoms with Crippen LogP contribution in [0.1, 0.15) is 6.42 Å². The molecule has 0 bridgehead atoms. The lowest BCUT2D eigenvalue weighted by atomic mass is 10.1. The van der Waals surface area contributed by atoms with Crippen molar-refractivity contribution in [3.63, 3.8) is 0 Å². The Morgan fingerprint density at radius 3 is 2.64 bits per heavy atom. The average Bonchev–Trinajstić information content (AvgIpc) is 2.67. The monoisotopic (exact) mass is 192 g/mol. The number of benzene rings is 1. The van der Waals surface area contributed by atoms with Gasteiger partial charge in [0, 0.05) is 18.8 Å². The lowest BCUT2D eigenvalue weighted by molar-refractivity contribution is 0.475. The quantitative estimate of drug-likeness (QED) is 0.739. The van der Waals surface area contributed by atoms with E-state index in [2.05, 4.69) is 4.90 Å². The molecular formula is C11H16N2O. The van der Waals surface area contributed by atoms with Crippen LogP contribution in [0.4, 0.5) is 5.69 Å². The molecule has 3 N–H and O–H groups in total. The summed E-state index contributed by atoms with van der Waals surface area (Å²) in [7, 11) is 0. The first-order valence-electron chi connectivity index (χ1n) is 5.03. The molecule has 1 aliphatic rings. The summed E-state index contributed by atoms with van der Waals surface area (Å²) >= 11 is 0. The molecule has 0 saturated carbocycles. The highest BCUT2D eigenvalue weighted by molar-refractivity contribution is 5.49. The molecule has 1 unspecified atom stereocenters. The number of anilines is 1. The van der Waals surface area contributed by atoms with Gasteiger partial charge in [0.15, 0.2) is 0 Å². The Balaban J connectivity index is 2.06. The van der Waals surface area contributed by atoms with Crippen LogP contribution in [0.15, 0.2) is 24.3 Å². The summed E-state index contributed by atoms with van der Waals surface area (Å²) in [6.07, 6.45) is 1.18. The topological polar surface area (TPSA) is 49.5 Å². The lowest BCUT2D eigenvalue weighted by Gasteiger charge is -2.18. The average molecular weight is 192 g/mol. The molecule has 1 heterocycles. The van der Waals surface area contributed by atoms with Crippen molar-refractivity contribution in [1.82, 2.24) is 0 Å². The number of hydrogen-bond acceptors (Lipinski definition) is 3. The van der Waals surface area contributed by atoms with Crippen molar-refractivity contribution in [3.05, 3.63) is 24.3 Å². The zero-order valence-electron chi connectivity index (χ0n) is 8.19. The summed E-state index contributed by atoms with van der Waals surface area (Å²) in [4.78, 5) is 2.32. The van der Waals surface area contributed by atoms with Crippen LogP contribution in [0.25, 0.3) is 0 Å². The minimum absolute atomic E-state index is 0.323. The number of nitrogens with two attached hydrogens (primary N) is 1. The predicted molar refractivity (Wildman–Crippen MR) is 57.5 cm³/mol. The molecule has 1 aliphatic heterocycles. The predicted octanol–water partition coefficient (Wildman–Crippen LogP) is 1.18. The number of phenols is 1. The van der Waals surface area contributed by atoms with E-state index in [-0.39, 0.29) is 0 Å². The number of hydrogen-bond donors (Lipinski definition) is 2. The maximum absolute atomic E-state index is 9.16. The molecule has 1 aromatic rings. The molecule has 0 amide bonds. The highest BCUT2D eigenvalue weighted by Gasteiger charge is 2.20. The number of nitrogens with zero attached hydrogens (tertiary/aromatic N) is 1. The first-order chi connectivity index (χ1) is 6.79. The second-order valence-corrected chi connectivity index (χ2v) is 3.85. The normalized spacial score (nSPS) is 21.5. The Hall–Kier alpha value is -1.22. The van der Waals surface area contributed by atoms with Gasteiger partial charge in [0.05, 0.1) is 0 Å². The highest BCUT2D eigenvalue weighted by atomic mass is 16.3. The Labute approximate surface area is 84.1 Å². The Kier molecular flexibility index (Phi) is 2.59. The minimum Gasteiger partial charge on any atom is -0.508 e. The molecular weight excluding hydrogens is 176 g/mol. The van der Waals surface area contributed by atoms with E-state index in [0.717, 1.165) is 19.6 Å². The summed E-state index contributed by atoms with van der Waals surface area (Å²) < 4.78 is 0. The van der Waals surface area contributed by atoms with E-state index in [1.807, 2.05) is 12.1 Å². The molecule has 3 nitrogen and oxygen atoms in total. The fourth-order valence-corrected chi connectivity index (χ4v) is 1.92.